The lowest BCUT2D eigenvalue weighted by Gasteiger charge is -2.02. The standard InChI is InChI=1S/C13H19N3/c1-3-16-9-11(8-15-2)12-5-4-10(7-14)6-13(12)16/h4-6,9,15H,3,7-8,14H2,1-2H3. The minimum Gasteiger partial charge on any atom is -0.347 e. The first-order chi connectivity index (χ1) is 7.80. The first-order valence-corrected chi connectivity index (χ1v) is 5.75. The van der Waals surface area contributed by atoms with E-state index in [2.05, 4.69) is 41.2 Å². The van der Waals surface area contributed by atoms with Crippen LogP contribution in [0.2, 0.25) is 0 Å². The van der Waals surface area contributed by atoms with Gasteiger partial charge in [-0.2, -0.15) is 0 Å². The van der Waals surface area contributed by atoms with Crippen molar-refractivity contribution in [3.63, 3.8) is 0 Å². The lowest BCUT2D eigenvalue weighted by molar-refractivity contribution is 0.774. The summed E-state index contributed by atoms with van der Waals surface area (Å²) in [5, 5.41) is 4.53. The van der Waals surface area contributed by atoms with E-state index in [9.17, 15) is 0 Å². The van der Waals surface area contributed by atoms with Crippen LogP contribution in [0.25, 0.3) is 10.9 Å². The normalized spacial score (nSPS) is 11.2. The minimum absolute atomic E-state index is 0.603. The average molecular weight is 217 g/mol. The number of fused-ring (bicyclic) bond motifs is 1. The molecule has 0 unspecified atom stereocenters. The molecule has 0 bridgehead atoms. The summed E-state index contributed by atoms with van der Waals surface area (Å²) < 4.78 is 2.28. The maximum absolute atomic E-state index is 5.68. The first-order valence-electron chi connectivity index (χ1n) is 5.75. The summed E-state index contributed by atoms with van der Waals surface area (Å²) in [6.07, 6.45) is 2.22. The van der Waals surface area contributed by atoms with Gasteiger partial charge < -0.3 is 15.6 Å². The fraction of sp³-hybridized carbons (Fsp3) is 0.385. The van der Waals surface area contributed by atoms with Crippen LogP contribution in [-0.2, 0) is 19.6 Å². The molecule has 3 heteroatoms. The van der Waals surface area contributed by atoms with Crippen LogP contribution in [0.5, 0.6) is 0 Å². The van der Waals surface area contributed by atoms with Crippen molar-refractivity contribution in [3.8, 4) is 0 Å². The van der Waals surface area contributed by atoms with E-state index in [1.165, 1.54) is 22.0 Å². The Kier molecular flexibility index (Phi) is 3.27. The van der Waals surface area contributed by atoms with Gasteiger partial charge in [0.2, 0.25) is 0 Å². The van der Waals surface area contributed by atoms with Crippen LogP contribution < -0.4 is 11.1 Å². The maximum atomic E-state index is 5.68. The Bertz CT molecular complexity index is 485. The number of rotatable bonds is 4. The third-order valence-electron chi connectivity index (χ3n) is 2.97. The molecule has 2 rings (SSSR count). The average Bonchev–Trinajstić information content (AvgIpc) is 2.67. The molecule has 1 heterocycles. The second-order valence-electron chi connectivity index (χ2n) is 4.03. The highest BCUT2D eigenvalue weighted by atomic mass is 15.0. The van der Waals surface area contributed by atoms with E-state index in [0.717, 1.165) is 13.1 Å². The fourth-order valence-corrected chi connectivity index (χ4v) is 2.13. The van der Waals surface area contributed by atoms with Gasteiger partial charge in [-0.15, -0.1) is 0 Å². The molecule has 86 valence electrons. The largest absolute Gasteiger partial charge is 0.347 e. The van der Waals surface area contributed by atoms with Crippen molar-refractivity contribution in [1.29, 1.82) is 0 Å². The van der Waals surface area contributed by atoms with E-state index >= 15 is 0 Å². The van der Waals surface area contributed by atoms with Crippen molar-refractivity contribution in [2.45, 2.75) is 26.6 Å². The molecule has 0 atom stereocenters. The van der Waals surface area contributed by atoms with Gasteiger partial charge in [0, 0.05) is 36.7 Å². The minimum atomic E-state index is 0.603. The van der Waals surface area contributed by atoms with Gasteiger partial charge in [0.25, 0.3) is 0 Å². The molecule has 3 nitrogen and oxygen atoms in total. The maximum Gasteiger partial charge on any atom is 0.0486 e. The number of benzene rings is 1. The zero-order valence-corrected chi connectivity index (χ0v) is 9.96. The van der Waals surface area contributed by atoms with Crippen LogP contribution in [0, 0.1) is 0 Å². The number of aromatic nitrogens is 1. The Labute approximate surface area is 96.2 Å². The summed E-state index contributed by atoms with van der Waals surface area (Å²) in [7, 11) is 1.98. The summed E-state index contributed by atoms with van der Waals surface area (Å²) in [5.74, 6) is 0. The summed E-state index contributed by atoms with van der Waals surface area (Å²) >= 11 is 0. The van der Waals surface area contributed by atoms with Gasteiger partial charge in [-0.1, -0.05) is 12.1 Å². The highest BCUT2D eigenvalue weighted by molar-refractivity contribution is 5.84. The van der Waals surface area contributed by atoms with Gasteiger partial charge in [-0.25, -0.2) is 0 Å². The molecule has 2 aromatic rings. The molecule has 0 amide bonds. The number of nitrogens with zero attached hydrogens (tertiary/aromatic N) is 1. The zero-order valence-electron chi connectivity index (χ0n) is 9.96. The van der Waals surface area contributed by atoms with E-state index in [4.69, 9.17) is 5.73 Å². The second-order valence-corrected chi connectivity index (χ2v) is 4.03. The lowest BCUT2D eigenvalue weighted by Crippen LogP contribution is -2.04. The van der Waals surface area contributed by atoms with Crippen LogP contribution in [0.1, 0.15) is 18.1 Å². The number of hydrogen-bond donors (Lipinski definition) is 2. The van der Waals surface area contributed by atoms with Gasteiger partial charge in [0.05, 0.1) is 0 Å². The molecule has 0 radical (unpaired) electrons. The van der Waals surface area contributed by atoms with E-state index in [1.807, 2.05) is 7.05 Å². The van der Waals surface area contributed by atoms with Gasteiger partial charge in [0.1, 0.15) is 0 Å². The molecule has 3 N–H and O–H groups in total. The highest BCUT2D eigenvalue weighted by Gasteiger charge is 2.07. The molecule has 0 aliphatic heterocycles. The number of hydrogen-bond acceptors (Lipinski definition) is 2. The van der Waals surface area contributed by atoms with Gasteiger partial charge in [0.15, 0.2) is 0 Å². The number of nitrogens with one attached hydrogen (secondary N) is 1. The van der Waals surface area contributed by atoms with Crippen molar-refractivity contribution in [2.24, 2.45) is 5.73 Å². The molecule has 1 aromatic carbocycles. The monoisotopic (exact) mass is 217 g/mol. The van der Waals surface area contributed by atoms with Crippen molar-refractivity contribution in [3.05, 3.63) is 35.5 Å². The SMILES string of the molecule is CCn1cc(CNC)c2ccc(CN)cc21. The molecule has 0 fully saturated rings. The first kappa shape index (κ1) is 11.2. The number of nitrogens with two attached hydrogens (primary N) is 1. The predicted molar refractivity (Wildman–Crippen MR) is 68.3 cm³/mol. The third-order valence-corrected chi connectivity index (χ3v) is 2.97. The van der Waals surface area contributed by atoms with E-state index in [1.54, 1.807) is 0 Å². The molecule has 1 aromatic heterocycles. The molecule has 16 heavy (non-hydrogen) atoms. The number of aryl methyl sites for hydroxylation is 1. The molecular formula is C13H19N3. The molecule has 0 saturated carbocycles. The third kappa shape index (κ3) is 1.84. The van der Waals surface area contributed by atoms with E-state index in [-0.39, 0.29) is 0 Å². The van der Waals surface area contributed by atoms with Gasteiger partial charge >= 0.3 is 0 Å². The Morgan fingerprint density at radius 2 is 2.19 bits per heavy atom. The predicted octanol–water partition coefficient (Wildman–Crippen LogP) is 1.84. The quantitative estimate of drug-likeness (QED) is 0.820. The zero-order chi connectivity index (χ0) is 11.5. The van der Waals surface area contributed by atoms with Crippen LogP contribution in [0.4, 0.5) is 0 Å². The second kappa shape index (κ2) is 4.68. The molecule has 0 saturated heterocycles. The van der Waals surface area contributed by atoms with Gasteiger partial charge in [-0.05, 0) is 31.2 Å². The molecule has 0 spiro atoms. The fourth-order valence-electron chi connectivity index (χ4n) is 2.13. The van der Waals surface area contributed by atoms with E-state index < -0.39 is 0 Å². The van der Waals surface area contributed by atoms with Crippen LogP contribution in [0.3, 0.4) is 0 Å². The molecular weight excluding hydrogens is 198 g/mol. The van der Waals surface area contributed by atoms with Crippen molar-refractivity contribution in [2.75, 3.05) is 7.05 Å². The Hall–Kier alpha value is -1.32. The summed E-state index contributed by atoms with van der Waals surface area (Å²) in [5.41, 5.74) is 9.50. The Morgan fingerprint density at radius 3 is 2.81 bits per heavy atom. The lowest BCUT2D eigenvalue weighted by atomic mass is 10.1. The Morgan fingerprint density at radius 1 is 1.38 bits per heavy atom. The highest BCUT2D eigenvalue weighted by Crippen LogP contribution is 2.22. The topological polar surface area (TPSA) is 43.0 Å². The van der Waals surface area contributed by atoms with Crippen molar-refractivity contribution < 1.29 is 0 Å². The summed E-state index contributed by atoms with van der Waals surface area (Å²) in [4.78, 5) is 0. The van der Waals surface area contributed by atoms with Crippen LogP contribution >= 0.6 is 0 Å². The van der Waals surface area contributed by atoms with Crippen molar-refractivity contribution in [1.82, 2.24) is 9.88 Å². The smallest absolute Gasteiger partial charge is 0.0486 e. The van der Waals surface area contributed by atoms with Crippen LogP contribution in [0.15, 0.2) is 24.4 Å². The van der Waals surface area contributed by atoms with Gasteiger partial charge in [-0.3, -0.25) is 0 Å². The van der Waals surface area contributed by atoms with Crippen molar-refractivity contribution >= 4 is 10.9 Å². The Balaban J connectivity index is 2.59. The summed E-state index contributed by atoms with van der Waals surface area (Å²) in [6, 6.07) is 6.48. The summed E-state index contributed by atoms with van der Waals surface area (Å²) in [6.45, 7) is 4.67. The molecule has 0 aliphatic rings. The molecule has 0 aliphatic carbocycles. The van der Waals surface area contributed by atoms with E-state index in [0.29, 0.717) is 6.54 Å². The van der Waals surface area contributed by atoms with Crippen LogP contribution in [-0.4, -0.2) is 11.6 Å².